The molecule has 4 rings (SSSR count). The first kappa shape index (κ1) is 25.4. The second-order valence-corrected chi connectivity index (χ2v) is 8.24. The lowest BCUT2D eigenvalue weighted by molar-refractivity contribution is -0.123. The summed E-state index contributed by atoms with van der Waals surface area (Å²) in [5.41, 5.74) is 3.61. The van der Waals surface area contributed by atoms with E-state index < -0.39 is 5.97 Å². The third-order valence-corrected chi connectivity index (χ3v) is 5.46. The summed E-state index contributed by atoms with van der Waals surface area (Å²) in [5, 5.41) is 5.95. The minimum atomic E-state index is -0.458. The first-order valence-electron chi connectivity index (χ1n) is 12.1. The van der Waals surface area contributed by atoms with Gasteiger partial charge in [-0.15, -0.1) is 0 Å². The average Bonchev–Trinajstić information content (AvgIpc) is 2.93. The Morgan fingerprint density at radius 2 is 1.57 bits per heavy atom. The van der Waals surface area contributed by atoms with Crippen LogP contribution in [0, 0.1) is 0 Å². The van der Waals surface area contributed by atoms with Gasteiger partial charge in [0.2, 0.25) is 0 Å². The molecule has 0 spiro atoms. The van der Waals surface area contributed by atoms with Crippen LogP contribution in [0.5, 0.6) is 17.2 Å². The maximum Gasteiger partial charge on any atom is 0.343 e. The highest BCUT2D eigenvalue weighted by Crippen LogP contribution is 2.25. The average molecular weight is 497 g/mol. The predicted molar refractivity (Wildman–Crippen MR) is 143 cm³/mol. The molecule has 0 heterocycles. The van der Waals surface area contributed by atoms with Gasteiger partial charge in [-0.25, -0.2) is 10.2 Å². The number of benzene rings is 4. The van der Waals surface area contributed by atoms with E-state index in [4.69, 9.17) is 14.2 Å². The van der Waals surface area contributed by atoms with Gasteiger partial charge in [-0.1, -0.05) is 49.7 Å². The largest absolute Gasteiger partial charge is 0.494 e. The molecule has 0 aliphatic heterocycles. The van der Waals surface area contributed by atoms with Crippen LogP contribution in [0.1, 0.15) is 35.7 Å². The van der Waals surface area contributed by atoms with Crippen molar-refractivity contribution in [3.8, 4) is 17.2 Å². The van der Waals surface area contributed by atoms with Gasteiger partial charge in [0.15, 0.2) is 6.61 Å². The van der Waals surface area contributed by atoms with Gasteiger partial charge < -0.3 is 14.2 Å². The van der Waals surface area contributed by atoms with Crippen molar-refractivity contribution in [2.45, 2.75) is 19.8 Å². The zero-order valence-corrected chi connectivity index (χ0v) is 20.6. The molecule has 0 saturated carbocycles. The second kappa shape index (κ2) is 12.9. The maximum absolute atomic E-state index is 12.4. The predicted octanol–water partition coefficient (Wildman–Crippen LogP) is 5.77. The fourth-order valence-corrected chi connectivity index (χ4v) is 3.49. The number of fused-ring (bicyclic) bond motifs is 1. The van der Waals surface area contributed by atoms with Crippen molar-refractivity contribution in [3.05, 3.63) is 102 Å². The molecule has 4 aromatic carbocycles. The van der Waals surface area contributed by atoms with Crippen molar-refractivity contribution in [3.63, 3.8) is 0 Å². The van der Waals surface area contributed by atoms with Crippen LogP contribution < -0.4 is 19.6 Å². The third kappa shape index (κ3) is 7.41. The fraction of sp³-hybridized carbons (Fsp3) is 0.167. The molecule has 0 saturated heterocycles. The molecule has 7 nitrogen and oxygen atoms in total. The van der Waals surface area contributed by atoms with Crippen molar-refractivity contribution >= 4 is 28.9 Å². The molecule has 0 bridgehead atoms. The van der Waals surface area contributed by atoms with E-state index in [2.05, 4.69) is 17.5 Å². The SMILES string of the molecule is CCCCOc1ccc(C(=O)Oc2ccc(/C=N/NC(=O)COc3cccc4ccccc34)cc2)cc1. The minimum absolute atomic E-state index is 0.161. The van der Waals surface area contributed by atoms with Gasteiger partial charge in [0.25, 0.3) is 5.91 Å². The number of hydrogen-bond acceptors (Lipinski definition) is 6. The van der Waals surface area contributed by atoms with Crippen molar-refractivity contribution < 1.29 is 23.8 Å². The van der Waals surface area contributed by atoms with Gasteiger partial charge in [0, 0.05) is 5.39 Å². The van der Waals surface area contributed by atoms with Crippen LogP contribution in [0.25, 0.3) is 10.8 Å². The zero-order valence-electron chi connectivity index (χ0n) is 20.6. The van der Waals surface area contributed by atoms with E-state index >= 15 is 0 Å². The van der Waals surface area contributed by atoms with E-state index in [9.17, 15) is 9.59 Å². The summed E-state index contributed by atoms with van der Waals surface area (Å²) in [6, 6.07) is 27.2. The number of amides is 1. The number of carbonyl (C=O) groups excluding carboxylic acids is 2. The van der Waals surface area contributed by atoms with E-state index in [0.29, 0.717) is 23.7 Å². The van der Waals surface area contributed by atoms with E-state index in [-0.39, 0.29) is 12.5 Å². The van der Waals surface area contributed by atoms with Crippen LogP contribution in [-0.2, 0) is 4.79 Å². The lowest BCUT2D eigenvalue weighted by Gasteiger charge is -2.08. The van der Waals surface area contributed by atoms with Crippen molar-refractivity contribution in [2.24, 2.45) is 5.10 Å². The van der Waals surface area contributed by atoms with Gasteiger partial charge in [-0.2, -0.15) is 5.10 Å². The van der Waals surface area contributed by atoms with Gasteiger partial charge in [-0.05, 0) is 72.0 Å². The number of carbonyl (C=O) groups is 2. The molecule has 1 amide bonds. The highest BCUT2D eigenvalue weighted by Gasteiger charge is 2.09. The summed E-state index contributed by atoms with van der Waals surface area (Å²) in [7, 11) is 0. The fourth-order valence-electron chi connectivity index (χ4n) is 3.49. The number of ether oxygens (including phenoxy) is 3. The van der Waals surface area contributed by atoms with Crippen molar-refractivity contribution in [2.75, 3.05) is 13.2 Å². The van der Waals surface area contributed by atoms with Gasteiger partial charge >= 0.3 is 5.97 Å². The Morgan fingerprint density at radius 3 is 2.35 bits per heavy atom. The Morgan fingerprint density at radius 1 is 0.838 bits per heavy atom. The quantitative estimate of drug-likeness (QED) is 0.0937. The van der Waals surface area contributed by atoms with Crippen LogP contribution in [0.3, 0.4) is 0 Å². The standard InChI is InChI=1S/C30H28N2O5/c1-2-3-19-35-25-17-13-24(14-18-25)30(34)37-26-15-11-22(12-16-26)20-31-32-29(33)21-36-28-10-6-8-23-7-4-5-9-27(23)28/h4-18,20H,2-3,19,21H2,1H3,(H,32,33)/b31-20+. The number of rotatable bonds is 11. The van der Waals surface area contributed by atoms with Crippen LogP contribution in [0.2, 0.25) is 0 Å². The Bertz CT molecular complexity index is 1360. The van der Waals surface area contributed by atoms with Crippen LogP contribution in [0.15, 0.2) is 96.1 Å². The second-order valence-electron chi connectivity index (χ2n) is 8.24. The summed E-state index contributed by atoms with van der Waals surface area (Å²) in [4.78, 5) is 24.5. The van der Waals surface area contributed by atoms with Gasteiger partial charge in [0.05, 0.1) is 18.4 Å². The summed E-state index contributed by atoms with van der Waals surface area (Å²) in [6.45, 7) is 2.59. The number of esters is 1. The molecule has 4 aromatic rings. The maximum atomic E-state index is 12.4. The highest BCUT2D eigenvalue weighted by atomic mass is 16.5. The Balaban J connectivity index is 1.23. The molecular weight excluding hydrogens is 468 g/mol. The number of unbranched alkanes of at least 4 members (excludes halogenated alkanes) is 1. The molecule has 0 aliphatic rings. The third-order valence-electron chi connectivity index (χ3n) is 5.46. The topological polar surface area (TPSA) is 86.2 Å². The van der Waals surface area contributed by atoms with E-state index in [1.54, 1.807) is 48.5 Å². The lowest BCUT2D eigenvalue weighted by Crippen LogP contribution is -2.24. The lowest BCUT2D eigenvalue weighted by atomic mass is 10.1. The number of nitrogens with zero attached hydrogens (tertiary/aromatic N) is 1. The summed E-state index contributed by atoms with van der Waals surface area (Å²) in [6.07, 6.45) is 3.54. The molecule has 0 aliphatic carbocycles. The number of nitrogens with one attached hydrogen (secondary N) is 1. The van der Waals surface area contributed by atoms with Crippen LogP contribution in [-0.4, -0.2) is 31.3 Å². The molecule has 0 fully saturated rings. The van der Waals surface area contributed by atoms with Gasteiger partial charge in [0.1, 0.15) is 17.2 Å². The monoisotopic (exact) mass is 496 g/mol. The molecule has 7 heteroatoms. The highest BCUT2D eigenvalue weighted by molar-refractivity contribution is 5.91. The molecule has 0 unspecified atom stereocenters. The Hall–Kier alpha value is -4.65. The summed E-state index contributed by atoms with van der Waals surface area (Å²) in [5.74, 6) is 0.925. The zero-order chi connectivity index (χ0) is 25.9. The molecule has 1 N–H and O–H groups in total. The van der Waals surface area contributed by atoms with E-state index in [1.165, 1.54) is 6.21 Å². The van der Waals surface area contributed by atoms with E-state index in [1.807, 2.05) is 42.5 Å². The van der Waals surface area contributed by atoms with Crippen molar-refractivity contribution in [1.29, 1.82) is 0 Å². The van der Waals surface area contributed by atoms with Crippen LogP contribution >= 0.6 is 0 Å². The Labute approximate surface area is 215 Å². The molecule has 0 radical (unpaired) electrons. The van der Waals surface area contributed by atoms with E-state index in [0.717, 1.165) is 34.9 Å². The molecule has 37 heavy (non-hydrogen) atoms. The molecular formula is C30H28N2O5. The normalized spacial score (nSPS) is 10.8. The smallest absolute Gasteiger partial charge is 0.343 e. The first-order valence-corrected chi connectivity index (χ1v) is 12.1. The Kier molecular flexibility index (Phi) is 8.86. The van der Waals surface area contributed by atoms with Gasteiger partial charge in [-0.3, -0.25) is 4.79 Å². The molecule has 0 aromatic heterocycles. The van der Waals surface area contributed by atoms with Crippen LogP contribution in [0.4, 0.5) is 0 Å². The first-order chi connectivity index (χ1) is 18.1. The number of hydrazone groups is 1. The molecule has 188 valence electrons. The summed E-state index contributed by atoms with van der Waals surface area (Å²) < 4.78 is 16.7. The van der Waals surface area contributed by atoms with Crippen molar-refractivity contribution in [1.82, 2.24) is 5.43 Å². The summed E-state index contributed by atoms with van der Waals surface area (Å²) >= 11 is 0. The number of hydrogen-bond donors (Lipinski definition) is 1. The minimum Gasteiger partial charge on any atom is -0.494 e. The molecule has 0 atom stereocenters.